The van der Waals surface area contributed by atoms with E-state index in [0.29, 0.717) is 24.6 Å². The Morgan fingerprint density at radius 3 is 2.62 bits per heavy atom. The molecule has 6 atom stereocenters. The van der Waals surface area contributed by atoms with Gasteiger partial charge in [-0.2, -0.15) is 0 Å². The molecular formula is C26H31NO2. The number of hydrogen-bond donors (Lipinski definition) is 0. The Morgan fingerprint density at radius 1 is 1.14 bits per heavy atom. The van der Waals surface area contributed by atoms with Crippen LogP contribution in [0.15, 0.2) is 54.6 Å². The third kappa shape index (κ3) is 2.78. The lowest BCUT2D eigenvalue weighted by molar-refractivity contribution is -0.170. The van der Waals surface area contributed by atoms with Crippen molar-refractivity contribution < 1.29 is 9.53 Å². The highest BCUT2D eigenvalue weighted by Crippen LogP contribution is 2.59. The van der Waals surface area contributed by atoms with E-state index in [1.165, 1.54) is 16.7 Å². The van der Waals surface area contributed by atoms with Gasteiger partial charge in [0.25, 0.3) is 0 Å². The van der Waals surface area contributed by atoms with Crippen molar-refractivity contribution in [2.45, 2.75) is 63.6 Å². The van der Waals surface area contributed by atoms with Gasteiger partial charge in [0.2, 0.25) is 0 Å². The summed E-state index contributed by atoms with van der Waals surface area (Å²) < 4.78 is 5.53. The molecule has 0 amide bonds. The van der Waals surface area contributed by atoms with Crippen LogP contribution in [0.2, 0.25) is 0 Å². The number of rotatable bonds is 4. The number of piperidine rings is 2. The second-order valence-electron chi connectivity index (χ2n) is 9.35. The monoisotopic (exact) mass is 389 g/mol. The summed E-state index contributed by atoms with van der Waals surface area (Å²) in [5, 5.41) is 0. The standard InChI is InChI=1S/C26H31NO2/c1-4-29-25(28)20-15-22-23-14-19-12-8-9-13-21(19)26(22,3)16-24(20)27(23)17(2)18-10-6-5-7-11-18/h5-13,17,20,22-24H,4,14-16H2,1-3H3/t17?,20?,22?,23?,24?,26-/m1/s1. The molecular weight excluding hydrogens is 358 g/mol. The van der Waals surface area contributed by atoms with E-state index in [1.54, 1.807) is 0 Å². The zero-order chi connectivity index (χ0) is 20.2. The van der Waals surface area contributed by atoms with Crippen LogP contribution in [0.3, 0.4) is 0 Å². The van der Waals surface area contributed by atoms with Crippen LogP contribution < -0.4 is 0 Å². The number of hydrogen-bond acceptors (Lipinski definition) is 3. The fourth-order valence-corrected chi connectivity index (χ4v) is 6.79. The Morgan fingerprint density at radius 2 is 1.86 bits per heavy atom. The van der Waals surface area contributed by atoms with Gasteiger partial charge in [-0.1, -0.05) is 61.5 Å². The molecule has 4 bridgehead atoms. The average molecular weight is 390 g/mol. The van der Waals surface area contributed by atoms with Gasteiger partial charge in [-0.3, -0.25) is 9.69 Å². The van der Waals surface area contributed by atoms with Gasteiger partial charge in [-0.15, -0.1) is 0 Å². The molecule has 3 fully saturated rings. The van der Waals surface area contributed by atoms with E-state index in [2.05, 4.69) is 73.3 Å². The molecule has 0 aromatic heterocycles. The smallest absolute Gasteiger partial charge is 0.310 e. The minimum absolute atomic E-state index is 0.00196. The van der Waals surface area contributed by atoms with Crippen molar-refractivity contribution in [1.29, 1.82) is 0 Å². The Kier molecular flexibility index (Phi) is 4.54. The maximum atomic E-state index is 12.9. The lowest BCUT2D eigenvalue weighted by atomic mass is 9.49. The minimum atomic E-state index is -0.0132. The predicted octanol–water partition coefficient (Wildman–Crippen LogP) is 4.90. The Balaban J connectivity index is 1.59. The number of nitrogens with zero attached hydrogens (tertiary/aromatic N) is 1. The lowest BCUT2D eigenvalue weighted by Gasteiger charge is -2.65. The summed E-state index contributed by atoms with van der Waals surface area (Å²) >= 11 is 0. The second-order valence-corrected chi connectivity index (χ2v) is 9.35. The van der Waals surface area contributed by atoms with Crippen LogP contribution in [-0.2, 0) is 21.4 Å². The van der Waals surface area contributed by atoms with Gasteiger partial charge in [0, 0.05) is 18.1 Å². The Bertz CT molecular complexity index is 910. The molecule has 2 aliphatic carbocycles. The number of carbonyl (C=O) groups excluding carboxylic acids is 1. The molecule has 0 radical (unpaired) electrons. The number of benzene rings is 2. The quantitative estimate of drug-likeness (QED) is 0.696. The minimum Gasteiger partial charge on any atom is -0.466 e. The predicted molar refractivity (Wildman–Crippen MR) is 115 cm³/mol. The molecule has 2 aromatic rings. The first-order valence-corrected chi connectivity index (χ1v) is 11.1. The fraction of sp³-hybridized carbons (Fsp3) is 0.500. The number of esters is 1. The van der Waals surface area contributed by atoms with Crippen molar-refractivity contribution in [2.75, 3.05) is 6.61 Å². The van der Waals surface area contributed by atoms with Gasteiger partial charge in [0.05, 0.1) is 12.5 Å². The van der Waals surface area contributed by atoms with E-state index in [4.69, 9.17) is 4.74 Å². The molecule has 0 N–H and O–H groups in total. The molecule has 152 valence electrons. The third-order valence-corrected chi connectivity index (χ3v) is 8.03. The number of carbonyl (C=O) groups is 1. The van der Waals surface area contributed by atoms with E-state index in [1.807, 2.05) is 6.92 Å². The summed E-state index contributed by atoms with van der Waals surface area (Å²) in [6.45, 7) is 7.14. The summed E-state index contributed by atoms with van der Waals surface area (Å²) in [6, 6.07) is 20.8. The molecule has 2 saturated heterocycles. The molecule has 3 heteroatoms. The molecule has 0 spiro atoms. The molecule has 6 rings (SSSR count). The van der Waals surface area contributed by atoms with Crippen LogP contribution >= 0.6 is 0 Å². The largest absolute Gasteiger partial charge is 0.466 e. The third-order valence-electron chi connectivity index (χ3n) is 8.03. The van der Waals surface area contributed by atoms with Crippen molar-refractivity contribution >= 4 is 5.97 Å². The lowest BCUT2D eigenvalue weighted by Crippen LogP contribution is -2.70. The van der Waals surface area contributed by atoms with E-state index in [-0.39, 0.29) is 23.3 Å². The van der Waals surface area contributed by atoms with Crippen molar-refractivity contribution in [2.24, 2.45) is 11.8 Å². The van der Waals surface area contributed by atoms with Gasteiger partial charge in [-0.05, 0) is 61.1 Å². The summed E-state index contributed by atoms with van der Waals surface area (Å²) in [4.78, 5) is 15.6. The van der Waals surface area contributed by atoms with E-state index in [9.17, 15) is 4.79 Å². The highest BCUT2D eigenvalue weighted by atomic mass is 16.5. The summed E-state index contributed by atoms with van der Waals surface area (Å²) in [7, 11) is 0. The van der Waals surface area contributed by atoms with Gasteiger partial charge < -0.3 is 4.74 Å². The van der Waals surface area contributed by atoms with Crippen molar-refractivity contribution in [3.63, 3.8) is 0 Å². The summed E-state index contributed by atoms with van der Waals surface area (Å²) in [6.07, 6.45) is 3.07. The van der Waals surface area contributed by atoms with Crippen LogP contribution in [0.5, 0.6) is 0 Å². The van der Waals surface area contributed by atoms with Crippen molar-refractivity contribution in [1.82, 2.24) is 4.90 Å². The summed E-state index contributed by atoms with van der Waals surface area (Å²) in [5.74, 6) is 0.478. The molecule has 5 unspecified atom stereocenters. The second kappa shape index (κ2) is 6.98. The zero-order valence-electron chi connectivity index (χ0n) is 17.7. The molecule has 2 aromatic carbocycles. The van der Waals surface area contributed by atoms with Gasteiger partial charge in [0.15, 0.2) is 0 Å². The molecule has 29 heavy (non-hydrogen) atoms. The highest BCUT2D eigenvalue weighted by molar-refractivity contribution is 5.74. The average Bonchev–Trinajstić information content (AvgIpc) is 2.74. The molecule has 3 nitrogen and oxygen atoms in total. The van der Waals surface area contributed by atoms with Gasteiger partial charge in [-0.25, -0.2) is 0 Å². The van der Waals surface area contributed by atoms with Crippen LogP contribution in [0.1, 0.15) is 56.3 Å². The molecule has 4 aliphatic rings. The van der Waals surface area contributed by atoms with Crippen molar-refractivity contribution in [3.05, 3.63) is 71.3 Å². The van der Waals surface area contributed by atoms with Crippen molar-refractivity contribution in [3.8, 4) is 0 Å². The van der Waals surface area contributed by atoms with Gasteiger partial charge in [0.1, 0.15) is 0 Å². The number of fused-ring (bicyclic) bond motifs is 2. The van der Waals surface area contributed by atoms with E-state index in [0.717, 1.165) is 19.3 Å². The van der Waals surface area contributed by atoms with E-state index >= 15 is 0 Å². The molecule has 2 aliphatic heterocycles. The first-order valence-electron chi connectivity index (χ1n) is 11.1. The van der Waals surface area contributed by atoms with Crippen LogP contribution in [-0.4, -0.2) is 29.6 Å². The fourth-order valence-electron chi connectivity index (χ4n) is 6.79. The SMILES string of the molecule is CCOC(=O)C1CC2C3Cc4ccccc4[C@@]2(C)CC1N3C(C)c1ccccc1. The summed E-state index contributed by atoms with van der Waals surface area (Å²) in [5.41, 5.74) is 4.50. The number of ether oxygens (including phenoxy) is 1. The maximum absolute atomic E-state index is 12.9. The van der Waals surface area contributed by atoms with Gasteiger partial charge >= 0.3 is 5.97 Å². The Labute approximate surface area is 174 Å². The van der Waals surface area contributed by atoms with Crippen LogP contribution in [0, 0.1) is 11.8 Å². The van der Waals surface area contributed by atoms with E-state index < -0.39 is 0 Å². The molecule has 1 saturated carbocycles. The highest BCUT2D eigenvalue weighted by Gasteiger charge is 2.61. The van der Waals surface area contributed by atoms with Crippen LogP contribution in [0.4, 0.5) is 0 Å². The Hall–Kier alpha value is -2.13. The topological polar surface area (TPSA) is 29.5 Å². The first-order chi connectivity index (χ1) is 14.0. The zero-order valence-corrected chi connectivity index (χ0v) is 17.7. The van der Waals surface area contributed by atoms with Crippen LogP contribution in [0.25, 0.3) is 0 Å². The first kappa shape index (κ1) is 18.9. The maximum Gasteiger partial charge on any atom is 0.310 e. The molecule has 2 heterocycles. The normalized spacial score (nSPS) is 33.8.